The highest BCUT2D eigenvalue weighted by Gasteiger charge is 2.29. The second-order valence-corrected chi connectivity index (χ2v) is 4.09. The normalized spacial score (nSPS) is 20.3. The molecule has 1 aliphatic rings. The van der Waals surface area contributed by atoms with Gasteiger partial charge in [-0.1, -0.05) is 11.6 Å². The van der Waals surface area contributed by atoms with Crippen molar-refractivity contribution < 1.29 is 14.6 Å². The number of aliphatic hydroxyl groups excluding tert-OH is 1. The molecule has 1 amide bonds. The van der Waals surface area contributed by atoms with E-state index in [-0.39, 0.29) is 12.3 Å². The van der Waals surface area contributed by atoms with Crippen molar-refractivity contribution in [2.24, 2.45) is 0 Å². The van der Waals surface area contributed by atoms with Crippen molar-refractivity contribution in [3.63, 3.8) is 0 Å². The van der Waals surface area contributed by atoms with Crippen LogP contribution in [0.25, 0.3) is 0 Å². The van der Waals surface area contributed by atoms with E-state index in [1.807, 2.05) is 0 Å². The fraction of sp³-hybridized carbons (Fsp3) is 0.364. The minimum atomic E-state index is -0.589. The Morgan fingerprint density at radius 2 is 2.31 bits per heavy atom. The van der Waals surface area contributed by atoms with E-state index in [4.69, 9.17) is 16.3 Å². The predicted octanol–water partition coefficient (Wildman–Crippen LogP) is 1.45. The minimum Gasteiger partial charge on any atom is -0.495 e. The Hall–Kier alpha value is -1.26. The molecule has 1 atom stereocenters. The standard InChI is InChI=1S/C11H12ClNO3/c1-16-10-3-2-7(4-9(10)12)13-6-8(14)5-11(13)15/h2-4,8,14H,5-6H2,1H3. The fourth-order valence-electron chi connectivity index (χ4n) is 1.76. The van der Waals surface area contributed by atoms with Gasteiger partial charge in [0.25, 0.3) is 0 Å². The van der Waals surface area contributed by atoms with Gasteiger partial charge in [0.2, 0.25) is 5.91 Å². The van der Waals surface area contributed by atoms with Crippen LogP contribution in [0.1, 0.15) is 6.42 Å². The molecule has 1 aliphatic heterocycles. The predicted molar refractivity (Wildman–Crippen MR) is 61.0 cm³/mol. The van der Waals surface area contributed by atoms with Gasteiger partial charge in [-0.15, -0.1) is 0 Å². The molecule has 0 aromatic heterocycles. The summed E-state index contributed by atoms with van der Waals surface area (Å²) in [6.45, 7) is 0.321. The molecule has 0 aliphatic carbocycles. The van der Waals surface area contributed by atoms with E-state index in [0.29, 0.717) is 23.0 Å². The molecule has 4 nitrogen and oxygen atoms in total. The number of nitrogens with zero attached hydrogens (tertiary/aromatic N) is 1. The number of anilines is 1. The number of halogens is 1. The highest BCUT2D eigenvalue weighted by molar-refractivity contribution is 6.32. The van der Waals surface area contributed by atoms with Crippen LogP contribution in [0.2, 0.25) is 5.02 Å². The van der Waals surface area contributed by atoms with Crippen LogP contribution in [-0.2, 0) is 4.79 Å². The number of ether oxygens (including phenoxy) is 1. The van der Waals surface area contributed by atoms with Crippen molar-refractivity contribution >= 4 is 23.2 Å². The zero-order chi connectivity index (χ0) is 11.7. The Kier molecular flexibility index (Phi) is 3.03. The van der Waals surface area contributed by atoms with Crippen LogP contribution in [0.5, 0.6) is 5.75 Å². The van der Waals surface area contributed by atoms with Gasteiger partial charge in [0.15, 0.2) is 0 Å². The highest BCUT2D eigenvalue weighted by atomic mass is 35.5. The van der Waals surface area contributed by atoms with Gasteiger partial charge in [0.1, 0.15) is 5.75 Å². The second kappa shape index (κ2) is 4.31. The number of β-amino-alcohol motifs (C(OH)–C–C–N with tert-alkyl or cyclic N) is 1. The smallest absolute Gasteiger partial charge is 0.229 e. The molecule has 86 valence electrons. The third kappa shape index (κ3) is 1.99. The summed E-state index contributed by atoms with van der Waals surface area (Å²) in [4.78, 5) is 13.1. The number of hydrogen-bond acceptors (Lipinski definition) is 3. The third-order valence-electron chi connectivity index (χ3n) is 2.55. The molecule has 16 heavy (non-hydrogen) atoms. The molecule has 1 aromatic rings. The lowest BCUT2D eigenvalue weighted by atomic mass is 10.3. The third-order valence-corrected chi connectivity index (χ3v) is 2.85. The van der Waals surface area contributed by atoms with Crippen molar-refractivity contribution in [1.29, 1.82) is 0 Å². The van der Waals surface area contributed by atoms with Crippen molar-refractivity contribution in [2.45, 2.75) is 12.5 Å². The molecule has 0 saturated carbocycles. The number of rotatable bonds is 2. The van der Waals surface area contributed by atoms with Crippen molar-refractivity contribution in [3.05, 3.63) is 23.2 Å². The monoisotopic (exact) mass is 241 g/mol. The van der Waals surface area contributed by atoms with E-state index >= 15 is 0 Å². The first-order valence-electron chi connectivity index (χ1n) is 4.94. The summed E-state index contributed by atoms with van der Waals surface area (Å²) < 4.78 is 5.03. The molecular weight excluding hydrogens is 230 g/mol. The van der Waals surface area contributed by atoms with E-state index in [0.717, 1.165) is 0 Å². The van der Waals surface area contributed by atoms with Gasteiger partial charge in [0, 0.05) is 5.69 Å². The highest BCUT2D eigenvalue weighted by Crippen LogP contribution is 2.30. The first kappa shape index (κ1) is 11.2. The Bertz CT molecular complexity index is 422. The van der Waals surface area contributed by atoms with Crippen LogP contribution >= 0.6 is 11.6 Å². The van der Waals surface area contributed by atoms with Crippen molar-refractivity contribution in [3.8, 4) is 5.75 Å². The van der Waals surface area contributed by atoms with E-state index in [1.165, 1.54) is 12.0 Å². The zero-order valence-electron chi connectivity index (χ0n) is 8.81. The Labute approximate surface area is 98.4 Å². The summed E-state index contributed by atoms with van der Waals surface area (Å²) in [6.07, 6.45) is -0.419. The number of amides is 1. The van der Waals surface area contributed by atoms with Crippen molar-refractivity contribution in [2.75, 3.05) is 18.6 Å². The first-order valence-corrected chi connectivity index (χ1v) is 5.31. The molecule has 0 radical (unpaired) electrons. The van der Waals surface area contributed by atoms with E-state index < -0.39 is 6.10 Å². The Morgan fingerprint density at radius 3 is 2.81 bits per heavy atom. The summed E-state index contributed by atoms with van der Waals surface area (Å²) in [5.41, 5.74) is 0.687. The average Bonchev–Trinajstić information content (AvgIpc) is 2.58. The molecule has 1 N–H and O–H groups in total. The van der Waals surface area contributed by atoms with Crippen LogP contribution < -0.4 is 9.64 Å². The lowest BCUT2D eigenvalue weighted by Gasteiger charge is -2.16. The topological polar surface area (TPSA) is 49.8 Å². The summed E-state index contributed by atoms with van der Waals surface area (Å²) in [5.74, 6) is 0.478. The van der Waals surface area contributed by atoms with E-state index in [1.54, 1.807) is 18.2 Å². The molecule has 0 spiro atoms. The molecule has 5 heteroatoms. The first-order chi connectivity index (χ1) is 7.61. The van der Waals surface area contributed by atoms with Gasteiger partial charge in [-0.3, -0.25) is 4.79 Å². The van der Waals surface area contributed by atoms with Gasteiger partial charge in [-0.05, 0) is 18.2 Å². The number of carbonyl (C=O) groups excluding carboxylic acids is 1. The molecule has 2 rings (SSSR count). The molecule has 0 bridgehead atoms. The molecule has 1 saturated heterocycles. The van der Waals surface area contributed by atoms with Crippen LogP contribution in [0.4, 0.5) is 5.69 Å². The van der Waals surface area contributed by atoms with Gasteiger partial charge >= 0.3 is 0 Å². The average molecular weight is 242 g/mol. The quantitative estimate of drug-likeness (QED) is 0.853. The van der Waals surface area contributed by atoms with Gasteiger partial charge in [0.05, 0.1) is 31.2 Å². The zero-order valence-corrected chi connectivity index (χ0v) is 9.57. The van der Waals surface area contributed by atoms with Crippen molar-refractivity contribution in [1.82, 2.24) is 0 Å². The second-order valence-electron chi connectivity index (χ2n) is 3.68. The van der Waals surface area contributed by atoms with E-state index in [2.05, 4.69) is 0 Å². The van der Waals surface area contributed by atoms with Gasteiger partial charge in [-0.25, -0.2) is 0 Å². The Morgan fingerprint density at radius 1 is 1.56 bits per heavy atom. The number of carbonyl (C=O) groups is 1. The molecular formula is C11H12ClNO3. The number of benzene rings is 1. The summed E-state index contributed by atoms with van der Waals surface area (Å²) >= 11 is 5.97. The van der Waals surface area contributed by atoms with Gasteiger partial charge in [-0.2, -0.15) is 0 Å². The van der Waals surface area contributed by atoms with E-state index in [9.17, 15) is 9.90 Å². The van der Waals surface area contributed by atoms with Crippen LogP contribution in [0, 0.1) is 0 Å². The maximum absolute atomic E-state index is 11.5. The number of methoxy groups -OCH3 is 1. The maximum atomic E-state index is 11.5. The number of hydrogen-bond donors (Lipinski definition) is 1. The molecule has 1 aromatic carbocycles. The number of aliphatic hydroxyl groups is 1. The summed E-state index contributed by atoms with van der Waals surface area (Å²) in [5, 5.41) is 9.83. The SMILES string of the molecule is COc1ccc(N2CC(O)CC2=O)cc1Cl. The molecule has 1 unspecified atom stereocenters. The molecule has 1 heterocycles. The summed E-state index contributed by atoms with van der Waals surface area (Å²) in [6, 6.07) is 5.12. The maximum Gasteiger partial charge on any atom is 0.229 e. The van der Waals surface area contributed by atoms with Crippen LogP contribution in [-0.4, -0.2) is 30.8 Å². The fourth-order valence-corrected chi connectivity index (χ4v) is 2.01. The van der Waals surface area contributed by atoms with Crippen LogP contribution in [0.15, 0.2) is 18.2 Å². The summed E-state index contributed by atoms with van der Waals surface area (Å²) in [7, 11) is 1.53. The largest absolute Gasteiger partial charge is 0.495 e. The van der Waals surface area contributed by atoms with Crippen LogP contribution in [0.3, 0.4) is 0 Å². The Balaban J connectivity index is 2.28. The lowest BCUT2D eigenvalue weighted by molar-refractivity contribution is -0.117. The lowest BCUT2D eigenvalue weighted by Crippen LogP contribution is -2.25. The van der Waals surface area contributed by atoms with Gasteiger partial charge < -0.3 is 14.7 Å². The minimum absolute atomic E-state index is 0.0891. The molecule has 1 fully saturated rings.